The van der Waals surface area contributed by atoms with Crippen LogP contribution in [0.25, 0.3) is 0 Å². The summed E-state index contributed by atoms with van der Waals surface area (Å²) < 4.78 is 26.7. The molecule has 2 aromatic rings. The van der Waals surface area contributed by atoms with Gasteiger partial charge in [0.15, 0.2) is 11.6 Å². The van der Waals surface area contributed by atoms with E-state index >= 15 is 0 Å². The van der Waals surface area contributed by atoms with Crippen molar-refractivity contribution in [2.24, 2.45) is 5.92 Å². The van der Waals surface area contributed by atoms with Crippen LogP contribution in [0.5, 0.6) is 0 Å². The van der Waals surface area contributed by atoms with Crippen LogP contribution in [0.4, 0.5) is 8.78 Å². The van der Waals surface area contributed by atoms with E-state index in [9.17, 15) is 13.6 Å². The molecular formula is C16H14F2N2O. The number of hydrogen-bond acceptors (Lipinski definition) is 2. The Morgan fingerprint density at radius 3 is 2.67 bits per heavy atom. The van der Waals surface area contributed by atoms with E-state index in [1.807, 2.05) is 6.07 Å². The van der Waals surface area contributed by atoms with Crippen molar-refractivity contribution in [2.75, 3.05) is 6.54 Å². The van der Waals surface area contributed by atoms with Crippen LogP contribution in [-0.4, -0.2) is 17.4 Å². The highest BCUT2D eigenvalue weighted by molar-refractivity contribution is 5.78. The lowest BCUT2D eigenvalue weighted by atomic mass is 9.81. The van der Waals surface area contributed by atoms with Crippen LogP contribution in [0.1, 0.15) is 23.5 Å². The molecule has 0 spiro atoms. The number of carbonyl (C=O) groups is 1. The molecule has 1 amide bonds. The minimum atomic E-state index is -0.876. The van der Waals surface area contributed by atoms with Gasteiger partial charge in [0.1, 0.15) is 0 Å². The largest absolute Gasteiger partial charge is 0.356 e. The van der Waals surface area contributed by atoms with E-state index in [0.29, 0.717) is 18.5 Å². The molecule has 0 bridgehead atoms. The maximum atomic E-state index is 13.5. The van der Waals surface area contributed by atoms with Crippen molar-refractivity contribution < 1.29 is 13.6 Å². The van der Waals surface area contributed by atoms with E-state index in [4.69, 9.17) is 0 Å². The first-order valence-electron chi connectivity index (χ1n) is 6.76. The van der Waals surface area contributed by atoms with Gasteiger partial charge >= 0.3 is 0 Å². The SMILES string of the molecule is O=C1CC(C(c2cccnc2)c2ccc(F)c(F)c2)CN1. The summed E-state index contributed by atoms with van der Waals surface area (Å²) in [7, 11) is 0. The van der Waals surface area contributed by atoms with Crippen LogP contribution in [0.3, 0.4) is 0 Å². The molecule has 0 radical (unpaired) electrons. The molecular weight excluding hydrogens is 274 g/mol. The van der Waals surface area contributed by atoms with Gasteiger partial charge in [0, 0.05) is 31.3 Å². The molecule has 1 fully saturated rings. The predicted octanol–water partition coefficient (Wildman–Crippen LogP) is 2.63. The van der Waals surface area contributed by atoms with Crippen molar-refractivity contribution >= 4 is 5.91 Å². The average Bonchev–Trinajstić information content (AvgIpc) is 2.90. The molecule has 2 unspecified atom stereocenters. The molecule has 0 saturated carbocycles. The number of halogens is 2. The van der Waals surface area contributed by atoms with Crippen LogP contribution in [0.2, 0.25) is 0 Å². The minimum absolute atomic E-state index is 0.00608. The molecule has 3 rings (SSSR count). The molecule has 2 atom stereocenters. The number of nitrogens with zero attached hydrogens (tertiary/aromatic N) is 1. The molecule has 108 valence electrons. The fourth-order valence-corrected chi connectivity index (χ4v) is 2.87. The summed E-state index contributed by atoms with van der Waals surface area (Å²) in [6.45, 7) is 0.525. The molecule has 1 aliphatic heterocycles. The standard InChI is InChI=1S/C16H14F2N2O/c17-13-4-3-10(6-14(13)18)16(11-2-1-5-19-8-11)12-7-15(21)20-9-12/h1-6,8,12,16H,7,9H2,(H,20,21). The van der Waals surface area contributed by atoms with Gasteiger partial charge in [-0.3, -0.25) is 9.78 Å². The molecule has 2 heterocycles. The first kappa shape index (κ1) is 13.7. The highest BCUT2D eigenvalue weighted by atomic mass is 19.2. The van der Waals surface area contributed by atoms with Crippen molar-refractivity contribution in [3.8, 4) is 0 Å². The van der Waals surface area contributed by atoms with Gasteiger partial charge in [-0.1, -0.05) is 12.1 Å². The zero-order valence-corrected chi connectivity index (χ0v) is 11.2. The van der Waals surface area contributed by atoms with E-state index < -0.39 is 11.6 Å². The van der Waals surface area contributed by atoms with E-state index in [0.717, 1.165) is 11.6 Å². The third kappa shape index (κ3) is 2.77. The smallest absolute Gasteiger partial charge is 0.220 e. The second-order valence-corrected chi connectivity index (χ2v) is 5.21. The second kappa shape index (κ2) is 5.60. The minimum Gasteiger partial charge on any atom is -0.356 e. The van der Waals surface area contributed by atoms with Crippen molar-refractivity contribution in [1.29, 1.82) is 0 Å². The van der Waals surface area contributed by atoms with Crippen LogP contribution >= 0.6 is 0 Å². The van der Waals surface area contributed by atoms with Crippen LogP contribution in [-0.2, 0) is 4.79 Å². The Kier molecular flexibility index (Phi) is 3.64. The normalized spacial score (nSPS) is 19.3. The number of rotatable bonds is 3. The Morgan fingerprint density at radius 2 is 2.05 bits per heavy atom. The summed E-state index contributed by atoms with van der Waals surface area (Å²) in [5, 5.41) is 2.79. The van der Waals surface area contributed by atoms with Gasteiger partial charge in [-0.05, 0) is 35.2 Å². The van der Waals surface area contributed by atoms with Crippen molar-refractivity contribution in [3.05, 3.63) is 65.5 Å². The van der Waals surface area contributed by atoms with E-state index in [1.165, 1.54) is 6.07 Å². The Labute approximate surface area is 121 Å². The Balaban J connectivity index is 2.03. The monoisotopic (exact) mass is 288 g/mol. The Morgan fingerprint density at radius 1 is 1.19 bits per heavy atom. The highest BCUT2D eigenvalue weighted by Gasteiger charge is 2.32. The lowest BCUT2D eigenvalue weighted by Gasteiger charge is -2.23. The maximum absolute atomic E-state index is 13.5. The fraction of sp³-hybridized carbons (Fsp3) is 0.250. The third-order valence-electron chi connectivity index (χ3n) is 3.83. The molecule has 1 N–H and O–H groups in total. The topological polar surface area (TPSA) is 42.0 Å². The number of aromatic nitrogens is 1. The van der Waals surface area contributed by atoms with Crippen LogP contribution < -0.4 is 5.32 Å². The van der Waals surface area contributed by atoms with Gasteiger partial charge in [0.2, 0.25) is 5.91 Å². The van der Waals surface area contributed by atoms with Crippen LogP contribution in [0, 0.1) is 17.6 Å². The summed E-state index contributed by atoms with van der Waals surface area (Å²) in [6.07, 6.45) is 3.73. The molecule has 3 nitrogen and oxygen atoms in total. The van der Waals surface area contributed by atoms with E-state index in [-0.39, 0.29) is 17.7 Å². The Hall–Kier alpha value is -2.30. The number of carbonyl (C=O) groups excluding carboxylic acids is 1. The van der Waals surface area contributed by atoms with Crippen molar-refractivity contribution in [2.45, 2.75) is 12.3 Å². The highest BCUT2D eigenvalue weighted by Crippen LogP contribution is 2.35. The summed E-state index contributed by atoms with van der Waals surface area (Å²) in [5.41, 5.74) is 1.55. The van der Waals surface area contributed by atoms with Crippen molar-refractivity contribution in [1.82, 2.24) is 10.3 Å². The van der Waals surface area contributed by atoms with Gasteiger partial charge < -0.3 is 5.32 Å². The van der Waals surface area contributed by atoms with Gasteiger partial charge in [-0.25, -0.2) is 8.78 Å². The van der Waals surface area contributed by atoms with Crippen molar-refractivity contribution in [3.63, 3.8) is 0 Å². The molecule has 1 saturated heterocycles. The van der Waals surface area contributed by atoms with Crippen LogP contribution in [0.15, 0.2) is 42.7 Å². The summed E-state index contributed by atoms with van der Waals surface area (Å²) in [5.74, 6) is -1.95. The second-order valence-electron chi connectivity index (χ2n) is 5.21. The number of benzene rings is 1. The first-order valence-corrected chi connectivity index (χ1v) is 6.76. The average molecular weight is 288 g/mol. The Bertz CT molecular complexity index is 661. The summed E-state index contributed by atoms with van der Waals surface area (Å²) in [4.78, 5) is 15.6. The number of pyridine rings is 1. The maximum Gasteiger partial charge on any atom is 0.220 e. The lowest BCUT2D eigenvalue weighted by Crippen LogP contribution is -2.18. The van der Waals surface area contributed by atoms with E-state index in [2.05, 4.69) is 10.3 Å². The quantitative estimate of drug-likeness (QED) is 0.943. The summed E-state index contributed by atoms with van der Waals surface area (Å²) in [6, 6.07) is 7.58. The van der Waals surface area contributed by atoms with Gasteiger partial charge in [0.05, 0.1) is 0 Å². The number of nitrogens with one attached hydrogen (secondary N) is 1. The third-order valence-corrected chi connectivity index (χ3v) is 3.83. The molecule has 1 aliphatic rings. The number of amides is 1. The first-order chi connectivity index (χ1) is 10.1. The van der Waals surface area contributed by atoms with Gasteiger partial charge in [0.25, 0.3) is 0 Å². The predicted molar refractivity (Wildman–Crippen MR) is 73.6 cm³/mol. The number of hydrogen-bond donors (Lipinski definition) is 1. The molecule has 0 aliphatic carbocycles. The molecule has 5 heteroatoms. The zero-order chi connectivity index (χ0) is 14.8. The molecule has 1 aromatic heterocycles. The molecule has 21 heavy (non-hydrogen) atoms. The summed E-state index contributed by atoms with van der Waals surface area (Å²) >= 11 is 0. The lowest BCUT2D eigenvalue weighted by molar-refractivity contribution is -0.119. The van der Waals surface area contributed by atoms with Gasteiger partial charge in [-0.15, -0.1) is 0 Å². The van der Waals surface area contributed by atoms with E-state index in [1.54, 1.807) is 24.5 Å². The fourth-order valence-electron chi connectivity index (χ4n) is 2.87. The zero-order valence-electron chi connectivity index (χ0n) is 11.2. The van der Waals surface area contributed by atoms with Gasteiger partial charge in [-0.2, -0.15) is 0 Å². The molecule has 1 aromatic carbocycles.